The Morgan fingerprint density at radius 2 is 2.21 bits per heavy atom. The molecule has 0 amide bonds. The van der Waals surface area contributed by atoms with Gasteiger partial charge < -0.3 is 10.1 Å². The minimum absolute atomic E-state index is 0.174. The van der Waals surface area contributed by atoms with Gasteiger partial charge in [-0.1, -0.05) is 37.3 Å². The van der Waals surface area contributed by atoms with E-state index in [0.717, 1.165) is 26.0 Å². The fraction of sp³-hybridized carbons (Fsp3) is 0.600. The largest absolute Gasteiger partial charge is 0.377 e. The highest BCUT2D eigenvalue weighted by Crippen LogP contribution is 2.17. The Bertz CT molecular complexity index is 390. The van der Waals surface area contributed by atoms with Crippen LogP contribution in [0.5, 0.6) is 0 Å². The average molecular weight is 281 g/mol. The molecule has 1 N–H and O–H groups in total. The normalized spacial score (nSPS) is 22.3. The summed E-state index contributed by atoms with van der Waals surface area (Å²) in [6.07, 6.45) is 2.37. The van der Waals surface area contributed by atoms with Gasteiger partial charge in [0.25, 0.3) is 0 Å². The van der Waals surface area contributed by atoms with E-state index in [1.165, 1.54) is 5.56 Å². The smallest absolute Gasteiger partial charge is 0.0691 e. The van der Waals surface area contributed by atoms with E-state index < -0.39 is 10.8 Å². The lowest BCUT2D eigenvalue weighted by molar-refractivity contribution is 0.128. The number of rotatable bonds is 7. The second-order valence-corrected chi connectivity index (χ2v) is 6.48. The fourth-order valence-corrected chi connectivity index (χ4v) is 3.94. The standard InChI is InChI=1S/C15H23NO2S/c1-2-16-15(13-7-4-3-5-8-13)12-19(17)11-14-9-6-10-18-14/h3-5,7-8,14-16H,2,6,9-12H2,1H3. The first-order chi connectivity index (χ1) is 9.29. The van der Waals surface area contributed by atoms with Crippen molar-refractivity contribution in [3.63, 3.8) is 0 Å². The summed E-state index contributed by atoms with van der Waals surface area (Å²) < 4.78 is 17.8. The van der Waals surface area contributed by atoms with Gasteiger partial charge in [-0.15, -0.1) is 0 Å². The van der Waals surface area contributed by atoms with Crippen molar-refractivity contribution in [2.75, 3.05) is 24.7 Å². The van der Waals surface area contributed by atoms with Crippen LogP contribution in [0.25, 0.3) is 0 Å². The van der Waals surface area contributed by atoms with E-state index in [1.54, 1.807) is 0 Å². The lowest BCUT2D eigenvalue weighted by atomic mass is 10.1. The summed E-state index contributed by atoms with van der Waals surface area (Å²) in [6, 6.07) is 10.4. The Morgan fingerprint density at radius 3 is 2.84 bits per heavy atom. The van der Waals surface area contributed by atoms with Crippen molar-refractivity contribution in [3.8, 4) is 0 Å². The van der Waals surface area contributed by atoms with Gasteiger partial charge in [0.1, 0.15) is 0 Å². The van der Waals surface area contributed by atoms with Gasteiger partial charge in [-0.05, 0) is 24.9 Å². The monoisotopic (exact) mass is 281 g/mol. The maximum Gasteiger partial charge on any atom is 0.0691 e. The van der Waals surface area contributed by atoms with Crippen molar-refractivity contribution in [3.05, 3.63) is 35.9 Å². The van der Waals surface area contributed by atoms with Gasteiger partial charge in [0.15, 0.2) is 0 Å². The predicted molar refractivity (Wildman–Crippen MR) is 79.7 cm³/mol. The Balaban J connectivity index is 1.90. The summed E-state index contributed by atoms with van der Waals surface area (Å²) in [4.78, 5) is 0. The molecule has 0 radical (unpaired) electrons. The molecule has 19 heavy (non-hydrogen) atoms. The summed E-state index contributed by atoms with van der Waals surface area (Å²) in [5.41, 5.74) is 1.21. The average Bonchev–Trinajstić information content (AvgIpc) is 2.92. The molecule has 4 heteroatoms. The molecule has 1 fully saturated rings. The van der Waals surface area contributed by atoms with Crippen LogP contribution < -0.4 is 5.32 Å². The van der Waals surface area contributed by atoms with Crippen LogP contribution in [-0.2, 0) is 15.5 Å². The number of nitrogens with one attached hydrogen (secondary N) is 1. The lowest BCUT2D eigenvalue weighted by Gasteiger charge is -2.19. The molecular formula is C15H23NO2S. The van der Waals surface area contributed by atoms with E-state index in [-0.39, 0.29) is 12.1 Å². The van der Waals surface area contributed by atoms with Gasteiger partial charge in [0, 0.05) is 35.0 Å². The molecule has 1 aromatic rings. The quantitative estimate of drug-likeness (QED) is 0.833. The summed E-state index contributed by atoms with van der Waals surface area (Å²) in [5.74, 6) is 1.34. The number of hydrogen-bond donors (Lipinski definition) is 1. The molecule has 1 aliphatic heterocycles. The Labute approximate surface area is 118 Å². The van der Waals surface area contributed by atoms with E-state index in [4.69, 9.17) is 4.74 Å². The lowest BCUT2D eigenvalue weighted by Crippen LogP contribution is -2.28. The molecule has 0 aromatic heterocycles. The van der Waals surface area contributed by atoms with Crippen LogP contribution in [0.1, 0.15) is 31.4 Å². The number of benzene rings is 1. The van der Waals surface area contributed by atoms with Gasteiger partial charge in [-0.25, -0.2) is 0 Å². The molecule has 3 atom stereocenters. The molecule has 0 aliphatic carbocycles. The van der Waals surface area contributed by atoms with Crippen molar-refractivity contribution < 1.29 is 8.95 Å². The van der Waals surface area contributed by atoms with Crippen LogP contribution >= 0.6 is 0 Å². The van der Waals surface area contributed by atoms with E-state index in [2.05, 4.69) is 24.4 Å². The molecule has 106 valence electrons. The molecule has 2 rings (SSSR count). The molecule has 1 aliphatic rings. The maximum atomic E-state index is 12.2. The number of hydrogen-bond acceptors (Lipinski definition) is 3. The van der Waals surface area contributed by atoms with Gasteiger partial charge >= 0.3 is 0 Å². The highest BCUT2D eigenvalue weighted by atomic mass is 32.2. The number of ether oxygens (including phenoxy) is 1. The zero-order valence-corrected chi connectivity index (χ0v) is 12.3. The molecule has 1 aromatic carbocycles. The SMILES string of the molecule is CCNC(CS(=O)CC1CCCO1)c1ccccc1. The van der Waals surface area contributed by atoms with Gasteiger partial charge in [0.05, 0.1) is 6.10 Å². The summed E-state index contributed by atoms with van der Waals surface area (Å²) in [5, 5.41) is 3.42. The van der Waals surface area contributed by atoms with Crippen LogP contribution in [0.4, 0.5) is 0 Å². The van der Waals surface area contributed by atoms with Crippen LogP contribution in [0, 0.1) is 0 Å². The summed E-state index contributed by atoms with van der Waals surface area (Å²) in [7, 11) is -0.829. The minimum atomic E-state index is -0.829. The Morgan fingerprint density at radius 1 is 1.42 bits per heavy atom. The van der Waals surface area contributed by atoms with Crippen molar-refractivity contribution in [2.24, 2.45) is 0 Å². The molecule has 0 spiro atoms. The first kappa shape index (κ1) is 14.7. The van der Waals surface area contributed by atoms with E-state index in [1.807, 2.05) is 18.2 Å². The molecule has 0 saturated carbocycles. The molecule has 0 bridgehead atoms. The predicted octanol–water partition coefficient (Wildman–Crippen LogP) is 2.26. The van der Waals surface area contributed by atoms with Crippen molar-refractivity contribution in [1.82, 2.24) is 5.32 Å². The third-order valence-electron chi connectivity index (χ3n) is 3.40. The van der Waals surface area contributed by atoms with E-state index >= 15 is 0 Å². The van der Waals surface area contributed by atoms with Gasteiger partial charge in [-0.3, -0.25) is 4.21 Å². The van der Waals surface area contributed by atoms with Crippen LogP contribution in [0.15, 0.2) is 30.3 Å². The second-order valence-electron chi connectivity index (χ2n) is 4.93. The zero-order valence-electron chi connectivity index (χ0n) is 11.5. The molecule has 1 saturated heterocycles. The van der Waals surface area contributed by atoms with Crippen molar-refractivity contribution >= 4 is 10.8 Å². The van der Waals surface area contributed by atoms with E-state index in [0.29, 0.717) is 11.5 Å². The highest BCUT2D eigenvalue weighted by Gasteiger charge is 2.21. The second kappa shape index (κ2) is 7.78. The summed E-state index contributed by atoms with van der Waals surface area (Å²) >= 11 is 0. The van der Waals surface area contributed by atoms with Crippen molar-refractivity contribution in [1.29, 1.82) is 0 Å². The topological polar surface area (TPSA) is 38.3 Å². The Hall–Kier alpha value is -0.710. The van der Waals surface area contributed by atoms with Crippen LogP contribution in [0.2, 0.25) is 0 Å². The highest BCUT2D eigenvalue weighted by molar-refractivity contribution is 7.85. The summed E-state index contributed by atoms with van der Waals surface area (Å²) in [6.45, 7) is 3.80. The molecule has 1 heterocycles. The molecule has 3 nitrogen and oxygen atoms in total. The van der Waals surface area contributed by atoms with Gasteiger partial charge in [-0.2, -0.15) is 0 Å². The molecular weight excluding hydrogens is 258 g/mol. The maximum absolute atomic E-state index is 12.2. The van der Waals surface area contributed by atoms with Crippen LogP contribution in [-0.4, -0.2) is 35.0 Å². The molecule has 3 unspecified atom stereocenters. The van der Waals surface area contributed by atoms with Crippen molar-refractivity contribution in [2.45, 2.75) is 31.9 Å². The van der Waals surface area contributed by atoms with Crippen LogP contribution in [0.3, 0.4) is 0 Å². The minimum Gasteiger partial charge on any atom is -0.377 e. The van der Waals surface area contributed by atoms with E-state index in [9.17, 15) is 4.21 Å². The van der Waals surface area contributed by atoms with Gasteiger partial charge in [0.2, 0.25) is 0 Å². The fourth-order valence-electron chi connectivity index (χ4n) is 2.44. The first-order valence-electron chi connectivity index (χ1n) is 7.04. The third-order valence-corrected chi connectivity index (χ3v) is 4.85. The Kier molecular flexibility index (Phi) is 6.01. The third kappa shape index (κ3) is 4.71. The zero-order chi connectivity index (χ0) is 13.5. The first-order valence-corrected chi connectivity index (χ1v) is 8.53.